The van der Waals surface area contributed by atoms with Crippen molar-refractivity contribution < 1.29 is 0 Å². The van der Waals surface area contributed by atoms with Crippen LogP contribution in [0, 0.1) is 23.7 Å². The molecule has 0 spiro atoms. The molecular weight excluding hydrogens is 168 g/mol. The number of hydrogen-bond acceptors (Lipinski definition) is 0. The van der Waals surface area contributed by atoms with Gasteiger partial charge in [0.05, 0.1) is 0 Å². The van der Waals surface area contributed by atoms with Gasteiger partial charge in [0.2, 0.25) is 0 Å². The number of rotatable bonds is 5. The van der Waals surface area contributed by atoms with Crippen molar-refractivity contribution in [2.45, 2.75) is 53.9 Å². The predicted octanol–water partition coefficient (Wildman–Crippen LogP) is 4.42. The summed E-state index contributed by atoms with van der Waals surface area (Å²) in [4.78, 5) is 0. The Morgan fingerprint density at radius 2 is 1.86 bits per heavy atom. The largest absolute Gasteiger partial charge is 0.102 e. The molecule has 80 valence electrons. The molecule has 0 heterocycles. The predicted molar refractivity (Wildman–Crippen MR) is 65.1 cm³/mol. The van der Waals surface area contributed by atoms with Gasteiger partial charge in [-0.15, -0.1) is 5.92 Å². The van der Waals surface area contributed by atoms with Gasteiger partial charge in [-0.2, -0.15) is 0 Å². The van der Waals surface area contributed by atoms with Crippen LogP contribution in [0.25, 0.3) is 0 Å². The molecule has 0 unspecified atom stereocenters. The first kappa shape index (κ1) is 13.3. The molecule has 0 N–H and O–H groups in total. The Morgan fingerprint density at radius 1 is 1.21 bits per heavy atom. The topological polar surface area (TPSA) is 0 Å². The van der Waals surface area contributed by atoms with Crippen LogP contribution >= 0.6 is 0 Å². The molecule has 0 aromatic carbocycles. The van der Waals surface area contributed by atoms with E-state index in [1.165, 1.54) is 24.8 Å². The van der Waals surface area contributed by atoms with Crippen LogP contribution in [0.3, 0.4) is 0 Å². The van der Waals surface area contributed by atoms with Gasteiger partial charge < -0.3 is 0 Å². The third kappa shape index (κ3) is 6.78. The average molecular weight is 192 g/mol. The van der Waals surface area contributed by atoms with E-state index < -0.39 is 0 Å². The summed E-state index contributed by atoms with van der Waals surface area (Å²) < 4.78 is 0. The second-order valence-electron chi connectivity index (χ2n) is 4.55. The second kappa shape index (κ2) is 7.68. The van der Waals surface area contributed by atoms with Crippen LogP contribution < -0.4 is 0 Å². The van der Waals surface area contributed by atoms with Gasteiger partial charge in [0, 0.05) is 0 Å². The highest BCUT2D eigenvalue weighted by atomic mass is 14.1. The minimum Gasteiger partial charge on any atom is -0.102 e. The average Bonchev–Trinajstić information content (AvgIpc) is 2.09. The van der Waals surface area contributed by atoms with E-state index in [9.17, 15) is 0 Å². The van der Waals surface area contributed by atoms with Crippen molar-refractivity contribution in [1.29, 1.82) is 0 Å². The van der Waals surface area contributed by atoms with Crippen molar-refractivity contribution in [3.8, 4) is 11.8 Å². The van der Waals surface area contributed by atoms with E-state index in [-0.39, 0.29) is 0 Å². The van der Waals surface area contributed by atoms with Gasteiger partial charge in [0.25, 0.3) is 0 Å². The highest BCUT2D eigenvalue weighted by Crippen LogP contribution is 2.18. The summed E-state index contributed by atoms with van der Waals surface area (Å²) in [6, 6.07) is 0. The lowest BCUT2D eigenvalue weighted by Crippen LogP contribution is -1.96. The van der Waals surface area contributed by atoms with E-state index in [0.717, 1.165) is 5.92 Å². The zero-order chi connectivity index (χ0) is 11.0. The van der Waals surface area contributed by atoms with E-state index in [4.69, 9.17) is 0 Å². The first-order valence-corrected chi connectivity index (χ1v) is 5.69. The van der Waals surface area contributed by atoms with Crippen molar-refractivity contribution in [3.05, 3.63) is 11.6 Å². The van der Waals surface area contributed by atoms with Crippen LogP contribution in [0.1, 0.15) is 53.9 Å². The van der Waals surface area contributed by atoms with Gasteiger partial charge in [0.15, 0.2) is 0 Å². The fourth-order valence-corrected chi connectivity index (χ4v) is 1.41. The summed E-state index contributed by atoms with van der Waals surface area (Å²) in [5.74, 6) is 7.44. The lowest BCUT2D eigenvalue weighted by atomic mass is 9.95. The van der Waals surface area contributed by atoms with Crippen LogP contribution in [0.15, 0.2) is 11.6 Å². The van der Waals surface area contributed by atoms with Gasteiger partial charge in [-0.3, -0.25) is 0 Å². The Balaban J connectivity index is 4.03. The summed E-state index contributed by atoms with van der Waals surface area (Å²) in [5, 5.41) is 0. The van der Waals surface area contributed by atoms with Gasteiger partial charge in [-0.05, 0) is 37.7 Å². The molecule has 0 saturated carbocycles. The smallest absolute Gasteiger partial charge is 0.00235 e. The van der Waals surface area contributed by atoms with E-state index in [1.807, 2.05) is 6.92 Å². The minimum absolute atomic E-state index is 0.642. The zero-order valence-electron chi connectivity index (χ0n) is 10.4. The monoisotopic (exact) mass is 192 g/mol. The summed E-state index contributed by atoms with van der Waals surface area (Å²) in [6.45, 7) is 11.0. The van der Waals surface area contributed by atoms with Crippen LogP contribution in [-0.4, -0.2) is 0 Å². The van der Waals surface area contributed by atoms with Crippen molar-refractivity contribution in [1.82, 2.24) is 0 Å². The van der Waals surface area contributed by atoms with Crippen LogP contribution in [0.4, 0.5) is 0 Å². The van der Waals surface area contributed by atoms with Gasteiger partial charge in [-0.25, -0.2) is 0 Å². The van der Waals surface area contributed by atoms with Crippen molar-refractivity contribution in [2.24, 2.45) is 11.8 Å². The maximum Gasteiger partial charge on any atom is -0.00235 e. The Bertz CT molecular complexity index is 220. The molecule has 0 rings (SSSR count). The Labute approximate surface area is 89.8 Å². The Kier molecular flexibility index (Phi) is 7.30. The molecule has 0 aromatic heterocycles. The Morgan fingerprint density at radius 3 is 2.29 bits per heavy atom. The quantitative estimate of drug-likeness (QED) is 0.566. The number of hydrogen-bond donors (Lipinski definition) is 0. The molecule has 0 radical (unpaired) electrons. The van der Waals surface area contributed by atoms with E-state index in [1.54, 1.807) is 0 Å². The molecular formula is C14H24. The fraction of sp³-hybridized carbons (Fsp3) is 0.714. The first-order chi connectivity index (χ1) is 6.57. The van der Waals surface area contributed by atoms with E-state index >= 15 is 0 Å². The molecule has 0 heteroatoms. The van der Waals surface area contributed by atoms with Crippen molar-refractivity contribution in [3.63, 3.8) is 0 Å². The normalized spacial score (nSPS) is 11.8. The fourth-order valence-electron chi connectivity index (χ4n) is 1.41. The molecule has 14 heavy (non-hydrogen) atoms. The molecule has 0 atom stereocenters. The molecule has 0 aromatic rings. The number of allylic oxidation sites excluding steroid dienone is 2. The third-order valence-corrected chi connectivity index (χ3v) is 2.39. The van der Waals surface area contributed by atoms with Crippen LogP contribution in [0.2, 0.25) is 0 Å². The van der Waals surface area contributed by atoms with E-state index in [2.05, 4.69) is 45.6 Å². The van der Waals surface area contributed by atoms with Crippen molar-refractivity contribution in [2.75, 3.05) is 0 Å². The molecule has 0 aliphatic rings. The van der Waals surface area contributed by atoms with Gasteiger partial charge in [0.1, 0.15) is 0 Å². The summed E-state index contributed by atoms with van der Waals surface area (Å²) in [5.41, 5.74) is 1.50. The summed E-state index contributed by atoms with van der Waals surface area (Å²) in [7, 11) is 0. The standard InChI is InChI=1S/C14H24/c1-6-7-10-14(13(4)5)11-8-9-12(2)3/h10,12-13H,8-9,11H2,1-5H3. The van der Waals surface area contributed by atoms with Gasteiger partial charge >= 0.3 is 0 Å². The highest BCUT2D eigenvalue weighted by Gasteiger charge is 2.03. The highest BCUT2D eigenvalue weighted by molar-refractivity contribution is 5.21. The molecule has 0 amide bonds. The third-order valence-electron chi connectivity index (χ3n) is 2.39. The van der Waals surface area contributed by atoms with Gasteiger partial charge in [-0.1, -0.05) is 45.6 Å². The molecule has 0 fully saturated rings. The van der Waals surface area contributed by atoms with Crippen LogP contribution in [0.5, 0.6) is 0 Å². The zero-order valence-corrected chi connectivity index (χ0v) is 10.4. The van der Waals surface area contributed by atoms with Crippen molar-refractivity contribution >= 4 is 0 Å². The molecule has 0 aliphatic heterocycles. The molecule has 0 aliphatic carbocycles. The lowest BCUT2D eigenvalue weighted by Gasteiger charge is -2.11. The lowest BCUT2D eigenvalue weighted by molar-refractivity contribution is 0.542. The first-order valence-electron chi connectivity index (χ1n) is 5.69. The Hall–Kier alpha value is -0.700. The molecule has 0 saturated heterocycles. The second-order valence-corrected chi connectivity index (χ2v) is 4.55. The molecule has 0 bridgehead atoms. The summed E-state index contributed by atoms with van der Waals surface area (Å²) in [6.07, 6.45) is 5.94. The maximum absolute atomic E-state index is 3.06. The van der Waals surface area contributed by atoms with E-state index in [0.29, 0.717) is 5.92 Å². The molecule has 0 nitrogen and oxygen atoms in total. The minimum atomic E-state index is 0.642. The van der Waals surface area contributed by atoms with Crippen LogP contribution in [-0.2, 0) is 0 Å². The summed E-state index contributed by atoms with van der Waals surface area (Å²) >= 11 is 0. The maximum atomic E-state index is 3.06. The SMILES string of the molecule is CC#CC=C(CCCC(C)C)C(C)C.